The van der Waals surface area contributed by atoms with Crippen LogP contribution in [-0.2, 0) is 13.8 Å². The number of benzene rings is 1. The standard InChI is InChI=1S/C9H9ClO5S/c1-2-14-9(11)15-7-5-3-4-6-8(7)16(10,12)13/h3-6H,2H2,1H3. The van der Waals surface area contributed by atoms with E-state index in [0.717, 1.165) is 0 Å². The Morgan fingerprint density at radius 2 is 2.00 bits per heavy atom. The van der Waals surface area contributed by atoms with Crippen molar-refractivity contribution in [2.45, 2.75) is 11.8 Å². The summed E-state index contributed by atoms with van der Waals surface area (Å²) in [6.45, 7) is 1.74. The van der Waals surface area contributed by atoms with Gasteiger partial charge in [0.05, 0.1) is 6.61 Å². The van der Waals surface area contributed by atoms with Crippen LogP contribution in [0, 0.1) is 0 Å². The highest BCUT2D eigenvalue weighted by Crippen LogP contribution is 2.26. The van der Waals surface area contributed by atoms with Crippen LogP contribution in [0.5, 0.6) is 5.75 Å². The number of carbonyl (C=O) groups excluding carboxylic acids is 1. The van der Waals surface area contributed by atoms with E-state index in [1.54, 1.807) is 6.92 Å². The molecule has 0 N–H and O–H groups in total. The number of para-hydroxylation sites is 1. The van der Waals surface area contributed by atoms with Crippen LogP contribution >= 0.6 is 10.7 Å². The number of rotatable bonds is 3. The summed E-state index contributed by atoms with van der Waals surface area (Å²) in [6.07, 6.45) is -0.977. The lowest BCUT2D eigenvalue weighted by Crippen LogP contribution is -2.11. The zero-order valence-corrected chi connectivity index (χ0v) is 9.92. The third-order valence-electron chi connectivity index (χ3n) is 1.57. The van der Waals surface area contributed by atoms with Crippen molar-refractivity contribution in [2.75, 3.05) is 6.61 Å². The molecule has 1 aromatic rings. The van der Waals surface area contributed by atoms with Gasteiger partial charge in [-0.05, 0) is 19.1 Å². The Labute approximate surface area is 97.3 Å². The van der Waals surface area contributed by atoms with Crippen LogP contribution in [0.2, 0.25) is 0 Å². The molecule has 0 radical (unpaired) electrons. The van der Waals surface area contributed by atoms with Crippen LogP contribution in [0.3, 0.4) is 0 Å². The van der Waals surface area contributed by atoms with Crippen LogP contribution in [-0.4, -0.2) is 21.2 Å². The van der Waals surface area contributed by atoms with Gasteiger partial charge in [0, 0.05) is 10.7 Å². The van der Waals surface area contributed by atoms with Gasteiger partial charge in [0.1, 0.15) is 4.90 Å². The SMILES string of the molecule is CCOC(=O)Oc1ccccc1S(=O)(=O)Cl. The lowest BCUT2D eigenvalue weighted by atomic mass is 10.3. The molecule has 0 aliphatic carbocycles. The highest BCUT2D eigenvalue weighted by molar-refractivity contribution is 8.13. The maximum atomic E-state index is 11.1. The van der Waals surface area contributed by atoms with E-state index in [2.05, 4.69) is 9.47 Å². The predicted molar refractivity (Wildman–Crippen MR) is 57.1 cm³/mol. The Hall–Kier alpha value is -1.27. The first-order valence-electron chi connectivity index (χ1n) is 4.33. The molecule has 1 rings (SSSR count). The third kappa shape index (κ3) is 3.39. The predicted octanol–water partition coefficient (Wildman–Crippen LogP) is 2.15. The molecule has 0 saturated heterocycles. The van der Waals surface area contributed by atoms with Crippen molar-refractivity contribution < 1.29 is 22.7 Å². The second-order valence-electron chi connectivity index (χ2n) is 2.67. The molecule has 0 aliphatic heterocycles. The third-order valence-corrected chi connectivity index (χ3v) is 2.93. The van der Waals surface area contributed by atoms with Crippen molar-refractivity contribution in [3.63, 3.8) is 0 Å². The van der Waals surface area contributed by atoms with Gasteiger partial charge in [0.2, 0.25) is 0 Å². The van der Waals surface area contributed by atoms with Crippen LogP contribution in [0.4, 0.5) is 4.79 Å². The molecule has 1 aromatic carbocycles. The molecule has 0 fully saturated rings. The monoisotopic (exact) mass is 264 g/mol. The summed E-state index contributed by atoms with van der Waals surface area (Å²) < 4.78 is 31.5. The Balaban J connectivity index is 3.01. The van der Waals surface area contributed by atoms with E-state index in [9.17, 15) is 13.2 Å². The summed E-state index contributed by atoms with van der Waals surface area (Å²) in [7, 11) is 1.21. The Morgan fingerprint density at radius 1 is 1.38 bits per heavy atom. The lowest BCUT2D eigenvalue weighted by molar-refractivity contribution is 0.103. The summed E-state index contributed by atoms with van der Waals surface area (Å²) >= 11 is 0. The molecule has 0 heterocycles. The fraction of sp³-hybridized carbons (Fsp3) is 0.222. The summed E-state index contributed by atoms with van der Waals surface area (Å²) in [4.78, 5) is 10.7. The van der Waals surface area contributed by atoms with Crippen LogP contribution < -0.4 is 4.74 Å². The number of ether oxygens (including phenoxy) is 2. The van der Waals surface area contributed by atoms with Gasteiger partial charge in [-0.15, -0.1) is 0 Å². The smallest absolute Gasteiger partial charge is 0.434 e. The highest BCUT2D eigenvalue weighted by Gasteiger charge is 2.18. The fourth-order valence-electron chi connectivity index (χ4n) is 0.973. The fourth-order valence-corrected chi connectivity index (χ4v) is 1.95. The summed E-state index contributed by atoms with van der Waals surface area (Å²) in [5.74, 6) is -0.157. The van der Waals surface area contributed by atoms with Crippen molar-refractivity contribution in [3.05, 3.63) is 24.3 Å². The highest BCUT2D eigenvalue weighted by atomic mass is 35.7. The average Bonchev–Trinajstić information content (AvgIpc) is 2.17. The molecule has 0 atom stereocenters. The van der Waals surface area contributed by atoms with Crippen molar-refractivity contribution in [2.24, 2.45) is 0 Å². The zero-order valence-electron chi connectivity index (χ0n) is 8.34. The van der Waals surface area contributed by atoms with Gasteiger partial charge in [-0.2, -0.15) is 0 Å². The molecule has 0 unspecified atom stereocenters. The molecule has 0 saturated carbocycles. The minimum absolute atomic E-state index is 0.134. The van der Waals surface area contributed by atoms with E-state index in [4.69, 9.17) is 10.7 Å². The van der Waals surface area contributed by atoms with Crippen molar-refractivity contribution in [1.82, 2.24) is 0 Å². The van der Waals surface area contributed by atoms with E-state index in [0.29, 0.717) is 0 Å². The summed E-state index contributed by atoms with van der Waals surface area (Å²) in [5.41, 5.74) is 0. The van der Waals surface area contributed by atoms with Crippen LogP contribution in [0.25, 0.3) is 0 Å². The minimum atomic E-state index is -3.95. The van der Waals surface area contributed by atoms with Gasteiger partial charge in [-0.25, -0.2) is 13.2 Å². The maximum Gasteiger partial charge on any atom is 0.513 e. The van der Waals surface area contributed by atoms with E-state index in [1.807, 2.05) is 0 Å². The minimum Gasteiger partial charge on any atom is -0.434 e. The Morgan fingerprint density at radius 3 is 2.56 bits per heavy atom. The van der Waals surface area contributed by atoms with Gasteiger partial charge >= 0.3 is 6.16 Å². The van der Waals surface area contributed by atoms with Crippen molar-refractivity contribution >= 4 is 25.9 Å². The maximum absolute atomic E-state index is 11.1. The first kappa shape index (κ1) is 12.8. The molecular formula is C9H9ClO5S. The quantitative estimate of drug-likeness (QED) is 0.475. The van der Waals surface area contributed by atoms with Gasteiger partial charge in [-0.3, -0.25) is 0 Å². The molecule has 0 bridgehead atoms. The first-order chi connectivity index (χ1) is 7.45. The van der Waals surface area contributed by atoms with Gasteiger partial charge in [0.25, 0.3) is 9.05 Å². The van der Waals surface area contributed by atoms with Gasteiger partial charge in [0.15, 0.2) is 5.75 Å². The largest absolute Gasteiger partial charge is 0.513 e. The number of carbonyl (C=O) groups is 1. The van der Waals surface area contributed by atoms with E-state index < -0.39 is 15.2 Å². The zero-order chi connectivity index (χ0) is 12.2. The Bertz CT molecular complexity index is 482. The number of hydrogen-bond donors (Lipinski definition) is 0. The number of halogens is 1. The average molecular weight is 265 g/mol. The molecule has 0 spiro atoms. The second-order valence-corrected chi connectivity index (χ2v) is 5.20. The van der Waals surface area contributed by atoms with Crippen LogP contribution in [0.1, 0.15) is 6.92 Å². The topological polar surface area (TPSA) is 69.7 Å². The molecule has 0 aliphatic rings. The second kappa shape index (κ2) is 5.18. The van der Waals surface area contributed by atoms with E-state index in [1.165, 1.54) is 24.3 Å². The molecular weight excluding hydrogens is 256 g/mol. The van der Waals surface area contributed by atoms with E-state index >= 15 is 0 Å². The van der Waals surface area contributed by atoms with E-state index in [-0.39, 0.29) is 17.3 Å². The summed E-state index contributed by atoms with van der Waals surface area (Å²) in [5, 5.41) is 0. The molecule has 0 aromatic heterocycles. The lowest BCUT2D eigenvalue weighted by Gasteiger charge is -2.06. The van der Waals surface area contributed by atoms with Crippen molar-refractivity contribution in [3.8, 4) is 5.75 Å². The molecule has 7 heteroatoms. The molecule has 16 heavy (non-hydrogen) atoms. The van der Waals surface area contributed by atoms with Crippen molar-refractivity contribution in [1.29, 1.82) is 0 Å². The molecule has 5 nitrogen and oxygen atoms in total. The normalized spacial score (nSPS) is 10.9. The molecule has 88 valence electrons. The number of hydrogen-bond acceptors (Lipinski definition) is 5. The van der Waals surface area contributed by atoms with Crippen LogP contribution in [0.15, 0.2) is 29.2 Å². The van der Waals surface area contributed by atoms with Gasteiger partial charge in [-0.1, -0.05) is 12.1 Å². The van der Waals surface area contributed by atoms with Gasteiger partial charge < -0.3 is 9.47 Å². The Kier molecular flexibility index (Phi) is 4.14. The molecule has 0 amide bonds. The summed E-state index contributed by atoms with van der Waals surface area (Å²) in [6, 6.07) is 5.52. The first-order valence-corrected chi connectivity index (χ1v) is 6.64.